The first-order chi connectivity index (χ1) is 8.86. The topological polar surface area (TPSA) is 75.7 Å². The molecule has 6 nitrogen and oxygen atoms in total. The molecular formula is C12H24N2O4S. The Morgan fingerprint density at radius 3 is 2.37 bits per heavy atom. The van der Waals surface area contributed by atoms with Gasteiger partial charge in [-0.05, 0) is 25.2 Å². The van der Waals surface area contributed by atoms with Crippen LogP contribution in [0.25, 0.3) is 0 Å². The molecule has 0 aromatic rings. The van der Waals surface area contributed by atoms with Crippen molar-refractivity contribution in [1.82, 2.24) is 9.03 Å². The van der Waals surface area contributed by atoms with E-state index in [1.54, 1.807) is 0 Å². The lowest BCUT2D eigenvalue weighted by molar-refractivity contribution is -0.145. The zero-order chi connectivity index (χ0) is 14.5. The fourth-order valence-electron chi connectivity index (χ4n) is 2.22. The molecule has 0 saturated carbocycles. The smallest absolute Gasteiger partial charge is 0.309 e. The summed E-state index contributed by atoms with van der Waals surface area (Å²) < 4.78 is 32.7. The zero-order valence-corrected chi connectivity index (χ0v) is 12.7. The Labute approximate surface area is 115 Å². The van der Waals surface area contributed by atoms with Crippen molar-refractivity contribution in [1.29, 1.82) is 0 Å². The van der Waals surface area contributed by atoms with Gasteiger partial charge in [0.25, 0.3) is 10.2 Å². The van der Waals surface area contributed by atoms with E-state index in [-0.39, 0.29) is 12.5 Å². The van der Waals surface area contributed by atoms with E-state index in [0.29, 0.717) is 25.4 Å². The molecule has 1 atom stereocenters. The Kier molecular flexibility index (Phi) is 6.22. The third-order valence-corrected chi connectivity index (χ3v) is 4.78. The highest BCUT2D eigenvalue weighted by atomic mass is 32.2. The van der Waals surface area contributed by atoms with E-state index in [1.165, 1.54) is 11.4 Å². The van der Waals surface area contributed by atoms with Crippen molar-refractivity contribution < 1.29 is 17.9 Å². The normalized spacial score (nSPS) is 18.7. The van der Waals surface area contributed by atoms with Crippen LogP contribution < -0.4 is 4.72 Å². The number of methoxy groups -OCH3 is 1. The lowest BCUT2D eigenvalue weighted by Crippen LogP contribution is -2.42. The second-order valence-electron chi connectivity index (χ2n) is 5.31. The third kappa shape index (κ3) is 5.08. The predicted octanol–water partition coefficient (Wildman–Crippen LogP) is 0.752. The van der Waals surface area contributed by atoms with Crippen molar-refractivity contribution in [2.75, 3.05) is 26.7 Å². The highest BCUT2D eigenvalue weighted by Gasteiger charge is 2.28. The summed E-state index contributed by atoms with van der Waals surface area (Å²) in [5.41, 5.74) is 0. The van der Waals surface area contributed by atoms with Gasteiger partial charge in [0.1, 0.15) is 0 Å². The predicted molar refractivity (Wildman–Crippen MR) is 72.7 cm³/mol. The first kappa shape index (κ1) is 16.4. The van der Waals surface area contributed by atoms with Crippen molar-refractivity contribution in [2.45, 2.75) is 33.1 Å². The van der Waals surface area contributed by atoms with Gasteiger partial charge in [-0.3, -0.25) is 4.79 Å². The number of nitrogens with one attached hydrogen (secondary N) is 1. The fourth-order valence-corrected chi connectivity index (χ4v) is 3.56. The molecule has 7 heteroatoms. The Morgan fingerprint density at radius 1 is 1.32 bits per heavy atom. The summed E-state index contributed by atoms with van der Waals surface area (Å²) in [6.45, 7) is 5.20. The molecule has 1 aliphatic rings. The average Bonchev–Trinajstić information content (AvgIpc) is 2.87. The maximum Gasteiger partial charge on any atom is 0.309 e. The van der Waals surface area contributed by atoms with Crippen LogP contribution in [-0.4, -0.2) is 45.4 Å². The van der Waals surface area contributed by atoms with Crippen molar-refractivity contribution in [3.05, 3.63) is 0 Å². The lowest BCUT2D eigenvalue weighted by Gasteiger charge is -2.20. The number of hydrogen-bond acceptors (Lipinski definition) is 4. The second-order valence-corrected chi connectivity index (χ2v) is 7.06. The summed E-state index contributed by atoms with van der Waals surface area (Å²) in [4.78, 5) is 11.6. The van der Waals surface area contributed by atoms with Crippen LogP contribution in [0.5, 0.6) is 0 Å². The molecule has 1 rings (SSSR count). The maximum absolute atomic E-state index is 12.0. The van der Waals surface area contributed by atoms with Gasteiger partial charge in [-0.25, -0.2) is 4.72 Å². The van der Waals surface area contributed by atoms with Gasteiger partial charge in [0.2, 0.25) is 0 Å². The molecule has 0 bridgehead atoms. The van der Waals surface area contributed by atoms with E-state index in [4.69, 9.17) is 4.74 Å². The summed E-state index contributed by atoms with van der Waals surface area (Å²) >= 11 is 0. The van der Waals surface area contributed by atoms with E-state index in [0.717, 1.165) is 12.8 Å². The largest absolute Gasteiger partial charge is 0.469 e. The first-order valence-corrected chi connectivity index (χ1v) is 8.13. The van der Waals surface area contributed by atoms with Crippen molar-refractivity contribution in [2.24, 2.45) is 11.8 Å². The SMILES string of the molecule is COC(=O)[C@@H](CNS(=O)(=O)N1CCCC1)CC(C)C. The van der Waals surface area contributed by atoms with E-state index in [2.05, 4.69) is 4.72 Å². The van der Waals surface area contributed by atoms with Crippen LogP contribution in [0, 0.1) is 11.8 Å². The first-order valence-electron chi connectivity index (χ1n) is 6.69. The molecule has 0 amide bonds. The molecule has 0 spiro atoms. The average molecular weight is 292 g/mol. The zero-order valence-electron chi connectivity index (χ0n) is 11.9. The minimum atomic E-state index is -3.46. The minimum absolute atomic E-state index is 0.101. The van der Waals surface area contributed by atoms with E-state index in [1.807, 2.05) is 13.8 Å². The van der Waals surface area contributed by atoms with E-state index < -0.39 is 16.1 Å². The van der Waals surface area contributed by atoms with Crippen LogP contribution in [0.3, 0.4) is 0 Å². The van der Waals surface area contributed by atoms with Crippen LogP contribution in [0.1, 0.15) is 33.1 Å². The molecule has 0 radical (unpaired) electrons. The molecule has 1 heterocycles. The van der Waals surface area contributed by atoms with Gasteiger partial charge in [0.15, 0.2) is 0 Å². The van der Waals surface area contributed by atoms with Gasteiger partial charge < -0.3 is 4.74 Å². The second kappa shape index (κ2) is 7.21. The number of carbonyl (C=O) groups is 1. The quantitative estimate of drug-likeness (QED) is 0.703. The molecular weight excluding hydrogens is 268 g/mol. The molecule has 1 fully saturated rings. The van der Waals surface area contributed by atoms with Gasteiger partial charge in [-0.2, -0.15) is 12.7 Å². The van der Waals surface area contributed by atoms with Gasteiger partial charge in [0, 0.05) is 19.6 Å². The Bertz CT molecular complexity index is 389. The fraction of sp³-hybridized carbons (Fsp3) is 0.917. The monoisotopic (exact) mass is 292 g/mol. The Morgan fingerprint density at radius 2 is 1.89 bits per heavy atom. The summed E-state index contributed by atoms with van der Waals surface area (Å²) in [6.07, 6.45) is 2.40. The van der Waals surface area contributed by atoms with Gasteiger partial charge in [0.05, 0.1) is 13.0 Å². The van der Waals surface area contributed by atoms with Crippen LogP contribution >= 0.6 is 0 Å². The summed E-state index contributed by atoms with van der Waals surface area (Å²) in [5, 5.41) is 0. The summed E-state index contributed by atoms with van der Waals surface area (Å²) in [6, 6.07) is 0. The van der Waals surface area contributed by atoms with Gasteiger partial charge >= 0.3 is 5.97 Å². The Balaban J connectivity index is 2.57. The molecule has 1 N–H and O–H groups in total. The maximum atomic E-state index is 12.0. The molecule has 0 aromatic carbocycles. The molecule has 0 aliphatic carbocycles. The van der Waals surface area contributed by atoms with Crippen LogP contribution in [-0.2, 0) is 19.7 Å². The minimum Gasteiger partial charge on any atom is -0.469 e. The van der Waals surface area contributed by atoms with Gasteiger partial charge in [-0.15, -0.1) is 0 Å². The summed E-state index contributed by atoms with van der Waals surface area (Å²) in [5.74, 6) is -0.486. The number of hydrogen-bond donors (Lipinski definition) is 1. The number of esters is 1. The lowest BCUT2D eigenvalue weighted by atomic mass is 9.97. The number of rotatable bonds is 7. The van der Waals surface area contributed by atoms with Crippen LogP contribution in [0.4, 0.5) is 0 Å². The highest BCUT2D eigenvalue weighted by Crippen LogP contribution is 2.15. The molecule has 1 saturated heterocycles. The highest BCUT2D eigenvalue weighted by molar-refractivity contribution is 7.87. The van der Waals surface area contributed by atoms with Crippen LogP contribution in [0.2, 0.25) is 0 Å². The molecule has 1 aliphatic heterocycles. The number of carbonyl (C=O) groups excluding carboxylic acids is 1. The third-order valence-electron chi connectivity index (χ3n) is 3.21. The molecule has 112 valence electrons. The summed E-state index contributed by atoms with van der Waals surface area (Å²) in [7, 11) is -2.13. The standard InChI is InChI=1S/C12H24N2O4S/c1-10(2)8-11(12(15)18-3)9-13-19(16,17)14-6-4-5-7-14/h10-11,13H,4-9H2,1-3H3/t11-/m1/s1. The molecule has 19 heavy (non-hydrogen) atoms. The number of ether oxygens (including phenoxy) is 1. The van der Waals surface area contributed by atoms with Crippen LogP contribution in [0.15, 0.2) is 0 Å². The number of nitrogens with zero attached hydrogens (tertiary/aromatic N) is 1. The van der Waals surface area contributed by atoms with Crippen molar-refractivity contribution in [3.63, 3.8) is 0 Å². The van der Waals surface area contributed by atoms with Crippen molar-refractivity contribution in [3.8, 4) is 0 Å². The Hall–Kier alpha value is -0.660. The van der Waals surface area contributed by atoms with Crippen molar-refractivity contribution >= 4 is 16.2 Å². The van der Waals surface area contributed by atoms with Gasteiger partial charge in [-0.1, -0.05) is 13.8 Å². The molecule has 0 unspecified atom stereocenters. The van der Waals surface area contributed by atoms with E-state index >= 15 is 0 Å². The van der Waals surface area contributed by atoms with E-state index in [9.17, 15) is 13.2 Å². The molecule has 0 aromatic heterocycles.